The van der Waals surface area contributed by atoms with Crippen LogP contribution in [0.1, 0.15) is 19.4 Å². The van der Waals surface area contributed by atoms with Crippen LogP contribution in [0.4, 0.5) is 13.2 Å². The molecule has 0 unspecified atom stereocenters. The molecule has 1 aromatic heterocycles. The summed E-state index contributed by atoms with van der Waals surface area (Å²) in [6.07, 6.45) is -3.34. The number of hydrogen-bond donors (Lipinski definition) is 0. The molecule has 0 spiro atoms. The highest BCUT2D eigenvalue weighted by atomic mass is 79.9. The molecule has 86 valence electrons. The highest BCUT2D eigenvalue weighted by Gasteiger charge is 2.33. The van der Waals surface area contributed by atoms with E-state index < -0.39 is 11.7 Å². The summed E-state index contributed by atoms with van der Waals surface area (Å²) in [5, 5.41) is 0. The molecule has 1 rings (SSSR count). The van der Waals surface area contributed by atoms with Crippen LogP contribution in [0.25, 0.3) is 0 Å². The summed E-state index contributed by atoms with van der Waals surface area (Å²) in [6.45, 7) is 4.00. The van der Waals surface area contributed by atoms with Crippen LogP contribution >= 0.6 is 15.9 Å². The van der Waals surface area contributed by atoms with Crippen molar-refractivity contribution < 1.29 is 17.9 Å². The second-order valence-corrected chi connectivity index (χ2v) is 3.06. The summed E-state index contributed by atoms with van der Waals surface area (Å²) in [5.41, 5.74) is -0.792. The van der Waals surface area contributed by atoms with Crippen molar-refractivity contribution in [2.24, 2.45) is 0 Å². The smallest absolute Gasteiger partial charge is 0.417 e. The standard InChI is InChI=1S/C7H5BrF3NO.C2H6/c1-13-6-2-4(7(9,10)11)5(8)3-12-6;1-2/h2-3H,1H3;1-2H3. The predicted octanol–water partition coefficient (Wildman–Crippen LogP) is 3.90. The summed E-state index contributed by atoms with van der Waals surface area (Å²) in [5.74, 6) is -0.0597. The maximum absolute atomic E-state index is 12.3. The SMILES string of the molecule is CC.COc1cc(C(F)(F)F)c(Br)cn1. The monoisotopic (exact) mass is 285 g/mol. The van der Waals surface area contributed by atoms with Crippen molar-refractivity contribution in [1.82, 2.24) is 4.98 Å². The van der Waals surface area contributed by atoms with Crippen molar-refractivity contribution in [3.05, 3.63) is 22.3 Å². The van der Waals surface area contributed by atoms with Crippen LogP contribution in [-0.2, 0) is 6.18 Å². The minimum absolute atomic E-state index is 0.0597. The Morgan fingerprint density at radius 3 is 2.27 bits per heavy atom. The van der Waals surface area contributed by atoms with Crippen LogP contribution in [0.3, 0.4) is 0 Å². The highest BCUT2D eigenvalue weighted by Crippen LogP contribution is 2.35. The quantitative estimate of drug-likeness (QED) is 0.781. The van der Waals surface area contributed by atoms with Crippen molar-refractivity contribution in [2.45, 2.75) is 20.0 Å². The summed E-state index contributed by atoms with van der Waals surface area (Å²) in [6, 6.07) is 0.837. The zero-order valence-electron chi connectivity index (χ0n) is 8.52. The van der Waals surface area contributed by atoms with Gasteiger partial charge in [-0.05, 0) is 15.9 Å². The van der Waals surface area contributed by atoms with Crippen molar-refractivity contribution in [2.75, 3.05) is 7.11 Å². The van der Waals surface area contributed by atoms with E-state index in [1.807, 2.05) is 13.8 Å². The third-order valence-corrected chi connectivity index (χ3v) is 1.98. The number of halogens is 4. The first-order valence-electron chi connectivity index (χ1n) is 4.22. The predicted molar refractivity (Wildman–Crippen MR) is 54.8 cm³/mol. The fraction of sp³-hybridized carbons (Fsp3) is 0.444. The number of methoxy groups -OCH3 is 1. The summed E-state index contributed by atoms with van der Waals surface area (Å²) < 4.78 is 41.2. The molecule has 2 nitrogen and oxygen atoms in total. The van der Waals surface area contributed by atoms with Crippen LogP contribution in [-0.4, -0.2) is 12.1 Å². The number of ether oxygens (including phenoxy) is 1. The molecule has 0 saturated carbocycles. The molecule has 0 N–H and O–H groups in total. The summed E-state index contributed by atoms with van der Waals surface area (Å²) in [7, 11) is 1.26. The van der Waals surface area contributed by atoms with Gasteiger partial charge in [-0.15, -0.1) is 0 Å². The van der Waals surface area contributed by atoms with Gasteiger partial charge in [-0.2, -0.15) is 13.2 Å². The Bertz CT molecular complexity index is 315. The van der Waals surface area contributed by atoms with Crippen LogP contribution in [0.2, 0.25) is 0 Å². The van der Waals surface area contributed by atoms with Gasteiger partial charge in [-0.1, -0.05) is 13.8 Å². The fourth-order valence-electron chi connectivity index (χ4n) is 0.748. The number of rotatable bonds is 1. The van der Waals surface area contributed by atoms with E-state index in [9.17, 15) is 13.2 Å². The van der Waals surface area contributed by atoms with Crippen LogP contribution in [0.15, 0.2) is 16.7 Å². The molecule has 0 radical (unpaired) electrons. The summed E-state index contributed by atoms with van der Waals surface area (Å²) >= 11 is 2.76. The van der Waals surface area contributed by atoms with Crippen LogP contribution in [0.5, 0.6) is 5.88 Å². The Balaban J connectivity index is 0.000000921. The third kappa shape index (κ3) is 4.07. The van der Waals surface area contributed by atoms with E-state index >= 15 is 0 Å². The topological polar surface area (TPSA) is 22.1 Å². The van der Waals surface area contributed by atoms with Crippen molar-refractivity contribution >= 4 is 15.9 Å². The van der Waals surface area contributed by atoms with E-state index in [1.165, 1.54) is 7.11 Å². The molecule has 0 aliphatic heterocycles. The Hall–Kier alpha value is -0.780. The van der Waals surface area contributed by atoms with Gasteiger partial charge in [0, 0.05) is 16.7 Å². The summed E-state index contributed by atoms with van der Waals surface area (Å²) in [4.78, 5) is 3.60. The number of aromatic nitrogens is 1. The zero-order chi connectivity index (χ0) is 12.1. The number of alkyl halides is 3. The Kier molecular flexibility index (Phi) is 5.64. The van der Waals surface area contributed by atoms with E-state index in [4.69, 9.17) is 0 Å². The molecule has 15 heavy (non-hydrogen) atoms. The van der Waals surface area contributed by atoms with Gasteiger partial charge in [0.1, 0.15) is 0 Å². The first kappa shape index (κ1) is 14.2. The largest absolute Gasteiger partial charge is 0.481 e. The van der Waals surface area contributed by atoms with Crippen LogP contribution in [0, 0.1) is 0 Å². The number of pyridine rings is 1. The first-order valence-corrected chi connectivity index (χ1v) is 5.01. The van der Waals surface area contributed by atoms with Gasteiger partial charge < -0.3 is 4.74 Å². The molecular formula is C9H11BrF3NO. The molecule has 1 aromatic rings. The minimum atomic E-state index is -4.39. The average Bonchev–Trinajstić information content (AvgIpc) is 2.20. The Labute approximate surface area is 94.6 Å². The Morgan fingerprint density at radius 2 is 1.87 bits per heavy atom. The lowest BCUT2D eigenvalue weighted by atomic mass is 10.2. The molecule has 0 fully saturated rings. The molecule has 0 aliphatic rings. The first-order chi connectivity index (χ1) is 6.95. The van der Waals surface area contributed by atoms with Crippen molar-refractivity contribution in [3.63, 3.8) is 0 Å². The van der Waals surface area contributed by atoms with Crippen LogP contribution < -0.4 is 4.74 Å². The van der Waals surface area contributed by atoms with E-state index in [2.05, 4.69) is 25.7 Å². The van der Waals surface area contributed by atoms with Crippen molar-refractivity contribution in [3.8, 4) is 5.88 Å². The molecule has 6 heteroatoms. The molecular weight excluding hydrogens is 275 g/mol. The Morgan fingerprint density at radius 1 is 1.33 bits per heavy atom. The number of nitrogens with zero attached hydrogens (tertiary/aromatic N) is 1. The van der Waals surface area contributed by atoms with E-state index in [0.717, 1.165) is 12.3 Å². The number of hydrogen-bond acceptors (Lipinski definition) is 2. The molecule has 0 aromatic carbocycles. The average molecular weight is 286 g/mol. The van der Waals surface area contributed by atoms with E-state index in [1.54, 1.807) is 0 Å². The van der Waals surface area contributed by atoms with Gasteiger partial charge in [-0.25, -0.2) is 4.98 Å². The molecule has 0 saturated heterocycles. The fourth-order valence-corrected chi connectivity index (χ4v) is 1.19. The molecule has 0 bridgehead atoms. The third-order valence-electron chi connectivity index (χ3n) is 1.34. The van der Waals surface area contributed by atoms with Gasteiger partial charge in [0.05, 0.1) is 12.7 Å². The zero-order valence-corrected chi connectivity index (χ0v) is 10.1. The normalized spacial score (nSPS) is 10.3. The maximum atomic E-state index is 12.3. The molecule has 0 amide bonds. The minimum Gasteiger partial charge on any atom is -0.481 e. The lowest BCUT2D eigenvalue weighted by molar-refractivity contribution is -0.138. The second-order valence-electron chi connectivity index (χ2n) is 2.20. The molecule has 1 heterocycles. The maximum Gasteiger partial charge on any atom is 0.417 e. The van der Waals surface area contributed by atoms with Gasteiger partial charge >= 0.3 is 6.18 Å². The molecule has 0 aliphatic carbocycles. The lowest BCUT2D eigenvalue weighted by Crippen LogP contribution is -2.06. The highest BCUT2D eigenvalue weighted by molar-refractivity contribution is 9.10. The van der Waals surface area contributed by atoms with Gasteiger partial charge in [-0.3, -0.25) is 0 Å². The second kappa shape index (κ2) is 5.95. The molecule has 0 atom stereocenters. The van der Waals surface area contributed by atoms with Gasteiger partial charge in [0.25, 0.3) is 0 Å². The van der Waals surface area contributed by atoms with Gasteiger partial charge in [0.15, 0.2) is 0 Å². The van der Waals surface area contributed by atoms with E-state index in [-0.39, 0.29) is 10.4 Å². The van der Waals surface area contributed by atoms with Crippen molar-refractivity contribution in [1.29, 1.82) is 0 Å². The van der Waals surface area contributed by atoms with E-state index in [0.29, 0.717) is 0 Å². The van der Waals surface area contributed by atoms with Gasteiger partial charge in [0.2, 0.25) is 5.88 Å². The lowest BCUT2D eigenvalue weighted by Gasteiger charge is -2.09.